The SMILES string of the molecule is CC(C)OCC(O)COCC1(N)CCCCC1. The maximum atomic E-state index is 9.62. The lowest BCUT2D eigenvalue weighted by atomic mass is 9.83. The van der Waals surface area contributed by atoms with E-state index in [2.05, 4.69) is 0 Å². The standard InChI is InChI=1S/C13H27NO3/c1-11(2)17-9-12(15)8-16-10-13(14)6-4-3-5-7-13/h11-12,15H,3-10,14H2,1-2H3. The first-order valence-electron chi connectivity index (χ1n) is 6.68. The molecule has 4 heteroatoms. The zero-order valence-electron chi connectivity index (χ0n) is 11.2. The Balaban J connectivity index is 2.09. The van der Waals surface area contributed by atoms with Crippen LogP contribution in [-0.2, 0) is 9.47 Å². The highest BCUT2D eigenvalue weighted by Gasteiger charge is 2.27. The third kappa shape index (κ3) is 6.36. The summed E-state index contributed by atoms with van der Waals surface area (Å²) in [6, 6.07) is 0. The molecule has 0 aromatic rings. The van der Waals surface area contributed by atoms with Gasteiger partial charge < -0.3 is 20.3 Å². The van der Waals surface area contributed by atoms with Crippen LogP contribution in [0.5, 0.6) is 0 Å². The molecule has 0 aromatic heterocycles. The molecule has 0 spiro atoms. The fraction of sp³-hybridized carbons (Fsp3) is 1.00. The van der Waals surface area contributed by atoms with Gasteiger partial charge in [0, 0.05) is 5.54 Å². The van der Waals surface area contributed by atoms with Crippen LogP contribution in [0.3, 0.4) is 0 Å². The molecular formula is C13H27NO3. The van der Waals surface area contributed by atoms with Gasteiger partial charge in [-0.25, -0.2) is 0 Å². The summed E-state index contributed by atoms with van der Waals surface area (Å²) in [6.07, 6.45) is 5.33. The van der Waals surface area contributed by atoms with E-state index in [0.717, 1.165) is 12.8 Å². The van der Waals surface area contributed by atoms with Gasteiger partial charge in [0.1, 0.15) is 6.10 Å². The first kappa shape index (κ1) is 14.9. The number of aliphatic hydroxyl groups excluding tert-OH is 1. The summed E-state index contributed by atoms with van der Waals surface area (Å²) in [4.78, 5) is 0. The monoisotopic (exact) mass is 245 g/mol. The molecule has 1 aliphatic carbocycles. The van der Waals surface area contributed by atoms with E-state index in [0.29, 0.717) is 19.8 Å². The molecule has 0 aromatic carbocycles. The van der Waals surface area contributed by atoms with Gasteiger partial charge in [0.2, 0.25) is 0 Å². The summed E-state index contributed by atoms with van der Waals surface area (Å²) in [6.45, 7) is 5.08. The second-order valence-corrected chi connectivity index (χ2v) is 5.47. The molecule has 4 nitrogen and oxygen atoms in total. The van der Waals surface area contributed by atoms with Crippen LogP contribution in [0.15, 0.2) is 0 Å². The van der Waals surface area contributed by atoms with Gasteiger partial charge in [-0.15, -0.1) is 0 Å². The molecule has 3 N–H and O–H groups in total. The molecule has 0 aliphatic heterocycles. The van der Waals surface area contributed by atoms with E-state index in [1.807, 2.05) is 13.8 Å². The third-order valence-corrected chi connectivity index (χ3v) is 3.17. The number of hydrogen-bond donors (Lipinski definition) is 2. The number of aliphatic hydroxyl groups is 1. The van der Waals surface area contributed by atoms with E-state index >= 15 is 0 Å². The fourth-order valence-electron chi connectivity index (χ4n) is 2.15. The van der Waals surface area contributed by atoms with Crippen molar-refractivity contribution < 1.29 is 14.6 Å². The van der Waals surface area contributed by atoms with Crippen molar-refractivity contribution in [3.05, 3.63) is 0 Å². The summed E-state index contributed by atoms with van der Waals surface area (Å²) < 4.78 is 10.8. The third-order valence-electron chi connectivity index (χ3n) is 3.17. The lowest BCUT2D eigenvalue weighted by Crippen LogP contribution is -2.46. The molecule has 0 bridgehead atoms. The van der Waals surface area contributed by atoms with Crippen LogP contribution in [0.2, 0.25) is 0 Å². The molecule has 102 valence electrons. The number of hydrogen-bond acceptors (Lipinski definition) is 4. The van der Waals surface area contributed by atoms with E-state index in [4.69, 9.17) is 15.2 Å². The molecule has 17 heavy (non-hydrogen) atoms. The number of rotatable bonds is 7. The zero-order chi connectivity index (χ0) is 12.7. The maximum Gasteiger partial charge on any atom is 0.101 e. The highest BCUT2D eigenvalue weighted by Crippen LogP contribution is 2.25. The van der Waals surface area contributed by atoms with Gasteiger partial charge in [0.15, 0.2) is 0 Å². The second kappa shape index (κ2) is 7.31. The molecular weight excluding hydrogens is 218 g/mol. The molecule has 0 saturated heterocycles. The van der Waals surface area contributed by atoms with E-state index in [1.165, 1.54) is 19.3 Å². The topological polar surface area (TPSA) is 64.7 Å². The van der Waals surface area contributed by atoms with Crippen LogP contribution < -0.4 is 5.73 Å². The van der Waals surface area contributed by atoms with Crippen molar-refractivity contribution in [2.75, 3.05) is 19.8 Å². The van der Waals surface area contributed by atoms with Gasteiger partial charge in [0.25, 0.3) is 0 Å². The van der Waals surface area contributed by atoms with Gasteiger partial charge >= 0.3 is 0 Å². The summed E-state index contributed by atoms with van der Waals surface area (Å²) in [5.41, 5.74) is 6.06. The van der Waals surface area contributed by atoms with Crippen molar-refractivity contribution in [1.29, 1.82) is 0 Å². The summed E-state index contributed by atoms with van der Waals surface area (Å²) in [7, 11) is 0. The molecule has 1 saturated carbocycles. The van der Waals surface area contributed by atoms with Crippen LogP contribution in [0.25, 0.3) is 0 Å². The van der Waals surface area contributed by atoms with E-state index in [9.17, 15) is 5.11 Å². The molecule has 1 atom stereocenters. The maximum absolute atomic E-state index is 9.62. The van der Waals surface area contributed by atoms with Crippen LogP contribution in [0.1, 0.15) is 46.0 Å². The Bertz CT molecular complexity index is 203. The van der Waals surface area contributed by atoms with Crippen molar-refractivity contribution in [2.45, 2.75) is 63.7 Å². The van der Waals surface area contributed by atoms with Crippen LogP contribution in [0.4, 0.5) is 0 Å². The van der Waals surface area contributed by atoms with Crippen LogP contribution in [-0.4, -0.2) is 42.7 Å². The lowest BCUT2D eigenvalue weighted by molar-refractivity contribution is -0.0456. The number of nitrogens with two attached hydrogens (primary N) is 1. The molecule has 1 unspecified atom stereocenters. The molecule has 0 heterocycles. The smallest absolute Gasteiger partial charge is 0.101 e. The van der Waals surface area contributed by atoms with Crippen molar-refractivity contribution in [3.8, 4) is 0 Å². The molecule has 0 amide bonds. The minimum Gasteiger partial charge on any atom is -0.388 e. The molecule has 1 fully saturated rings. The zero-order valence-corrected chi connectivity index (χ0v) is 11.2. The Morgan fingerprint density at radius 2 is 1.82 bits per heavy atom. The Hall–Kier alpha value is -0.160. The molecule has 1 aliphatic rings. The molecule has 0 radical (unpaired) electrons. The highest BCUT2D eigenvalue weighted by molar-refractivity contribution is 4.87. The van der Waals surface area contributed by atoms with E-state index in [-0.39, 0.29) is 11.6 Å². The Morgan fingerprint density at radius 3 is 2.41 bits per heavy atom. The average Bonchev–Trinajstić information content (AvgIpc) is 2.27. The van der Waals surface area contributed by atoms with Gasteiger partial charge in [0.05, 0.1) is 25.9 Å². The predicted octanol–water partition coefficient (Wildman–Crippen LogP) is 1.45. The Kier molecular flexibility index (Phi) is 6.41. The van der Waals surface area contributed by atoms with E-state index in [1.54, 1.807) is 0 Å². The number of ether oxygens (including phenoxy) is 2. The summed E-state index contributed by atoms with van der Waals surface area (Å²) in [5.74, 6) is 0. The second-order valence-electron chi connectivity index (χ2n) is 5.47. The summed E-state index contributed by atoms with van der Waals surface area (Å²) >= 11 is 0. The van der Waals surface area contributed by atoms with Crippen molar-refractivity contribution in [2.24, 2.45) is 5.73 Å². The Labute approximate surface area is 104 Å². The highest BCUT2D eigenvalue weighted by atomic mass is 16.5. The van der Waals surface area contributed by atoms with Gasteiger partial charge in [-0.1, -0.05) is 19.3 Å². The van der Waals surface area contributed by atoms with Crippen LogP contribution >= 0.6 is 0 Å². The largest absolute Gasteiger partial charge is 0.388 e. The predicted molar refractivity (Wildman–Crippen MR) is 67.9 cm³/mol. The van der Waals surface area contributed by atoms with Crippen molar-refractivity contribution in [3.63, 3.8) is 0 Å². The van der Waals surface area contributed by atoms with Gasteiger partial charge in [-0.2, -0.15) is 0 Å². The Morgan fingerprint density at radius 1 is 1.18 bits per heavy atom. The van der Waals surface area contributed by atoms with Crippen molar-refractivity contribution >= 4 is 0 Å². The first-order valence-corrected chi connectivity index (χ1v) is 6.68. The quantitative estimate of drug-likeness (QED) is 0.712. The minimum atomic E-state index is -0.551. The fourth-order valence-corrected chi connectivity index (χ4v) is 2.15. The lowest BCUT2D eigenvalue weighted by Gasteiger charge is -2.33. The van der Waals surface area contributed by atoms with Crippen molar-refractivity contribution in [1.82, 2.24) is 0 Å². The van der Waals surface area contributed by atoms with Gasteiger partial charge in [-0.05, 0) is 26.7 Å². The van der Waals surface area contributed by atoms with Crippen LogP contribution in [0, 0.1) is 0 Å². The normalized spacial score (nSPS) is 21.7. The average molecular weight is 245 g/mol. The minimum absolute atomic E-state index is 0.142. The van der Waals surface area contributed by atoms with E-state index < -0.39 is 6.10 Å². The van der Waals surface area contributed by atoms with Gasteiger partial charge in [-0.3, -0.25) is 0 Å². The first-order chi connectivity index (χ1) is 8.02. The molecule has 1 rings (SSSR count). The summed E-state index contributed by atoms with van der Waals surface area (Å²) in [5, 5.41) is 9.62.